The van der Waals surface area contributed by atoms with Gasteiger partial charge in [0.25, 0.3) is 10.1 Å². The summed E-state index contributed by atoms with van der Waals surface area (Å²) in [6.07, 6.45) is 0.221. The van der Waals surface area contributed by atoms with Crippen LogP contribution in [0.5, 0.6) is 0 Å². The Kier molecular flexibility index (Phi) is 1.54. The van der Waals surface area contributed by atoms with Gasteiger partial charge in [-0.3, -0.25) is 8.98 Å². The number of ketones is 1. The van der Waals surface area contributed by atoms with Gasteiger partial charge in [0.05, 0.1) is 6.61 Å². The second kappa shape index (κ2) is 2.07. The van der Waals surface area contributed by atoms with Crippen molar-refractivity contribution < 1.29 is 17.4 Å². The first kappa shape index (κ1) is 6.70. The van der Waals surface area contributed by atoms with E-state index in [9.17, 15) is 13.2 Å². The first-order valence-electron chi connectivity index (χ1n) is 2.49. The van der Waals surface area contributed by atoms with E-state index in [1.165, 1.54) is 0 Å². The Bertz CT molecular complexity index is 215. The minimum Gasteiger partial charge on any atom is -0.298 e. The summed E-state index contributed by atoms with van der Waals surface area (Å²) in [5, 5.41) is 0. The Morgan fingerprint density at radius 1 is 1.44 bits per heavy atom. The van der Waals surface area contributed by atoms with Crippen LogP contribution in [0.15, 0.2) is 0 Å². The lowest BCUT2D eigenvalue weighted by Gasteiger charge is -2.08. The molecule has 1 rings (SSSR count). The van der Waals surface area contributed by atoms with Gasteiger partial charge in [-0.1, -0.05) is 0 Å². The Labute approximate surface area is 52.9 Å². The van der Waals surface area contributed by atoms with Gasteiger partial charge >= 0.3 is 0 Å². The Morgan fingerprint density at radius 2 is 2.11 bits per heavy atom. The van der Waals surface area contributed by atoms with Gasteiger partial charge in [-0.05, 0) is 0 Å². The molecular formula is C4H6O4S. The zero-order valence-corrected chi connectivity index (χ0v) is 5.48. The molecule has 0 atom stereocenters. The van der Waals surface area contributed by atoms with Crippen molar-refractivity contribution in [2.45, 2.75) is 6.42 Å². The number of Topliss-reactive ketones (excluding diaryl/α,β-unsaturated/α-hetero) is 1. The molecule has 0 saturated carbocycles. The molecule has 1 aliphatic heterocycles. The SMILES string of the molecule is O=C1CCOS(=O)(=O)C1. The molecule has 1 heterocycles. The quantitative estimate of drug-likeness (QED) is 0.429. The third kappa shape index (κ3) is 1.76. The maximum Gasteiger partial charge on any atom is 0.274 e. The maximum absolute atomic E-state index is 10.4. The Hall–Kier alpha value is -0.420. The normalized spacial score (nSPS) is 26.0. The highest BCUT2D eigenvalue weighted by molar-refractivity contribution is 7.87. The van der Waals surface area contributed by atoms with Crippen molar-refractivity contribution in [1.29, 1.82) is 0 Å². The smallest absolute Gasteiger partial charge is 0.274 e. The van der Waals surface area contributed by atoms with Gasteiger partial charge in [0.15, 0.2) is 5.78 Å². The highest BCUT2D eigenvalue weighted by atomic mass is 32.2. The molecule has 1 fully saturated rings. The van der Waals surface area contributed by atoms with Crippen molar-refractivity contribution in [2.75, 3.05) is 12.4 Å². The van der Waals surface area contributed by atoms with Crippen LogP contribution < -0.4 is 0 Å². The monoisotopic (exact) mass is 150 g/mol. The molecule has 4 nitrogen and oxygen atoms in total. The van der Waals surface area contributed by atoms with Crippen molar-refractivity contribution in [1.82, 2.24) is 0 Å². The molecule has 1 aliphatic rings. The van der Waals surface area contributed by atoms with Crippen LogP contribution in [0, 0.1) is 0 Å². The van der Waals surface area contributed by atoms with Gasteiger partial charge < -0.3 is 0 Å². The van der Waals surface area contributed by atoms with Crippen molar-refractivity contribution in [3.05, 3.63) is 0 Å². The highest BCUT2D eigenvalue weighted by Gasteiger charge is 2.22. The largest absolute Gasteiger partial charge is 0.298 e. The number of carbonyl (C=O) groups excluding carboxylic acids is 1. The highest BCUT2D eigenvalue weighted by Crippen LogP contribution is 2.03. The van der Waals surface area contributed by atoms with Gasteiger partial charge in [-0.25, -0.2) is 0 Å². The van der Waals surface area contributed by atoms with Crippen molar-refractivity contribution >= 4 is 15.9 Å². The fraction of sp³-hybridized carbons (Fsp3) is 0.750. The molecule has 0 bridgehead atoms. The molecule has 0 spiro atoms. The van der Waals surface area contributed by atoms with Crippen LogP contribution in [-0.2, 0) is 19.1 Å². The van der Waals surface area contributed by atoms with Crippen LogP contribution in [0.2, 0.25) is 0 Å². The first-order chi connectivity index (χ1) is 4.10. The molecule has 0 aromatic heterocycles. The van der Waals surface area contributed by atoms with E-state index in [4.69, 9.17) is 0 Å². The molecule has 0 aromatic rings. The zero-order valence-electron chi connectivity index (χ0n) is 4.66. The van der Waals surface area contributed by atoms with Gasteiger partial charge in [0, 0.05) is 6.42 Å². The van der Waals surface area contributed by atoms with E-state index in [2.05, 4.69) is 4.18 Å². The Morgan fingerprint density at radius 3 is 2.44 bits per heavy atom. The lowest BCUT2D eigenvalue weighted by atomic mass is 10.3. The Balaban J connectivity index is 2.73. The van der Waals surface area contributed by atoms with Crippen LogP contribution in [-0.4, -0.2) is 26.6 Å². The number of carbonyl (C=O) groups is 1. The van der Waals surface area contributed by atoms with Crippen LogP contribution >= 0.6 is 0 Å². The molecule has 52 valence electrons. The maximum atomic E-state index is 10.4. The number of hydrogen-bond acceptors (Lipinski definition) is 4. The molecular weight excluding hydrogens is 144 g/mol. The molecule has 0 radical (unpaired) electrons. The summed E-state index contributed by atoms with van der Waals surface area (Å²) in [6, 6.07) is 0. The van der Waals surface area contributed by atoms with E-state index in [0.717, 1.165) is 0 Å². The van der Waals surface area contributed by atoms with Gasteiger partial charge in [-0.15, -0.1) is 0 Å². The predicted octanol–water partition coefficient (Wildman–Crippen LogP) is -0.694. The van der Waals surface area contributed by atoms with Crippen LogP contribution in [0.3, 0.4) is 0 Å². The van der Waals surface area contributed by atoms with E-state index in [-0.39, 0.29) is 18.8 Å². The summed E-state index contributed by atoms with van der Waals surface area (Å²) in [5.41, 5.74) is 0. The average Bonchev–Trinajstić information content (AvgIpc) is 1.60. The molecule has 1 saturated heterocycles. The first-order valence-corrected chi connectivity index (χ1v) is 4.07. The molecule has 0 unspecified atom stereocenters. The standard InChI is InChI=1S/C4H6O4S/c5-4-1-2-8-9(6,7)3-4/h1-3H2. The van der Waals surface area contributed by atoms with E-state index < -0.39 is 15.9 Å². The van der Waals surface area contributed by atoms with Crippen molar-refractivity contribution in [3.63, 3.8) is 0 Å². The summed E-state index contributed by atoms with van der Waals surface area (Å²) >= 11 is 0. The van der Waals surface area contributed by atoms with E-state index in [0.29, 0.717) is 0 Å². The lowest BCUT2D eigenvalue weighted by molar-refractivity contribution is -0.117. The summed E-state index contributed by atoms with van der Waals surface area (Å²) in [6.45, 7) is 0.0150. The lowest BCUT2D eigenvalue weighted by Crippen LogP contribution is -2.25. The van der Waals surface area contributed by atoms with Gasteiger partial charge in [0.2, 0.25) is 0 Å². The summed E-state index contributed by atoms with van der Waals surface area (Å²) in [5.74, 6) is -0.714. The minimum absolute atomic E-state index is 0.0150. The van der Waals surface area contributed by atoms with Gasteiger partial charge in [-0.2, -0.15) is 8.42 Å². The molecule has 0 N–H and O–H groups in total. The molecule has 5 heteroatoms. The molecule has 9 heavy (non-hydrogen) atoms. The summed E-state index contributed by atoms with van der Waals surface area (Å²) in [7, 11) is -3.48. The third-order valence-electron chi connectivity index (χ3n) is 0.982. The predicted molar refractivity (Wildman–Crippen MR) is 29.4 cm³/mol. The molecule has 0 amide bonds. The fourth-order valence-corrected chi connectivity index (χ4v) is 1.55. The van der Waals surface area contributed by atoms with Crippen LogP contribution in [0.1, 0.15) is 6.42 Å². The molecule has 0 aliphatic carbocycles. The van der Waals surface area contributed by atoms with E-state index in [1.54, 1.807) is 0 Å². The third-order valence-corrected chi connectivity index (χ3v) is 2.18. The van der Waals surface area contributed by atoms with Crippen molar-refractivity contribution in [3.8, 4) is 0 Å². The van der Waals surface area contributed by atoms with Crippen LogP contribution in [0.25, 0.3) is 0 Å². The summed E-state index contributed by atoms with van der Waals surface area (Å²) < 4.78 is 25.1. The van der Waals surface area contributed by atoms with E-state index >= 15 is 0 Å². The van der Waals surface area contributed by atoms with Gasteiger partial charge in [0.1, 0.15) is 5.75 Å². The van der Waals surface area contributed by atoms with Crippen LogP contribution in [0.4, 0.5) is 0 Å². The zero-order chi connectivity index (χ0) is 6.91. The minimum atomic E-state index is -3.48. The second-order valence-corrected chi connectivity index (χ2v) is 3.45. The number of hydrogen-bond donors (Lipinski definition) is 0. The van der Waals surface area contributed by atoms with E-state index in [1.807, 2.05) is 0 Å². The second-order valence-electron chi connectivity index (χ2n) is 1.81. The fourth-order valence-electron chi connectivity index (χ4n) is 0.593. The topological polar surface area (TPSA) is 60.4 Å². The number of rotatable bonds is 0. The summed E-state index contributed by atoms with van der Waals surface area (Å²) in [4.78, 5) is 10.4. The average molecular weight is 150 g/mol. The van der Waals surface area contributed by atoms with Crippen molar-refractivity contribution in [2.24, 2.45) is 0 Å². The molecule has 0 aromatic carbocycles.